The van der Waals surface area contributed by atoms with Gasteiger partial charge in [0.25, 0.3) is 10.0 Å². The lowest BCUT2D eigenvalue weighted by Gasteiger charge is -2.20. The monoisotopic (exact) mass is 377 g/mol. The number of anilines is 1. The van der Waals surface area contributed by atoms with Crippen LogP contribution in [-0.2, 0) is 19.9 Å². The maximum absolute atomic E-state index is 13.9. The molecule has 0 bridgehead atoms. The summed E-state index contributed by atoms with van der Waals surface area (Å²) in [6.45, 7) is 0. The van der Waals surface area contributed by atoms with E-state index < -0.39 is 30.6 Å². The van der Waals surface area contributed by atoms with Crippen LogP contribution in [0.5, 0.6) is 0 Å². The highest BCUT2D eigenvalue weighted by Gasteiger charge is 2.25. The van der Waals surface area contributed by atoms with Gasteiger partial charge in [0.1, 0.15) is 10.7 Å². The van der Waals surface area contributed by atoms with E-state index in [0.717, 1.165) is 22.7 Å². The molecule has 9 heteroatoms. The Morgan fingerprint density at radius 3 is 2.04 bits per heavy atom. The summed E-state index contributed by atoms with van der Waals surface area (Å²) in [5.41, 5.74) is 0.201. The highest BCUT2D eigenvalue weighted by Crippen LogP contribution is 2.26. The lowest BCUT2D eigenvalue weighted by molar-refractivity contribution is 0.566. The largest absolute Gasteiger partial charge is 0.269 e. The van der Waals surface area contributed by atoms with Crippen molar-refractivity contribution in [3.63, 3.8) is 0 Å². The van der Waals surface area contributed by atoms with Crippen LogP contribution in [0.25, 0.3) is 0 Å². The van der Waals surface area contributed by atoms with Crippen molar-refractivity contribution < 1.29 is 21.2 Å². The standard InChI is InChI=1S/C14H13ClFNO4S2/c1-17(11-4-6-12(7-5-11)22(2,18)19)23(20,21)14-8-3-10(15)9-13(14)16/h3-9H,1-2H3. The number of benzene rings is 2. The van der Waals surface area contributed by atoms with Gasteiger partial charge in [-0.25, -0.2) is 21.2 Å². The van der Waals surface area contributed by atoms with E-state index in [1.165, 1.54) is 37.4 Å². The van der Waals surface area contributed by atoms with Crippen molar-refractivity contribution in [1.82, 2.24) is 0 Å². The number of hydrogen-bond donors (Lipinski definition) is 0. The Morgan fingerprint density at radius 2 is 1.57 bits per heavy atom. The Hall–Kier alpha value is -1.64. The van der Waals surface area contributed by atoms with Gasteiger partial charge in [-0.3, -0.25) is 4.31 Å². The van der Waals surface area contributed by atoms with Crippen LogP contribution in [0.15, 0.2) is 52.3 Å². The normalized spacial score (nSPS) is 12.2. The third kappa shape index (κ3) is 3.65. The second-order valence-corrected chi connectivity index (χ2v) is 9.20. The van der Waals surface area contributed by atoms with E-state index in [0.29, 0.717) is 0 Å². The van der Waals surface area contributed by atoms with Crippen LogP contribution < -0.4 is 4.31 Å². The summed E-state index contributed by atoms with van der Waals surface area (Å²) in [7, 11) is -6.28. The maximum Gasteiger partial charge on any atom is 0.266 e. The first-order valence-electron chi connectivity index (χ1n) is 6.27. The van der Waals surface area contributed by atoms with Crippen molar-refractivity contribution in [2.24, 2.45) is 0 Å². The van der Waals surface area contributed by atoms with Gasteiger partial charge in [0.05, 0.1) is 10.6 Å². The van der Waals surface area contributed by atoms with Crippen molar-refractivity contribution in [2.75, 3.05) is 17.6 Å². The SMILES string of the molecule is CN(c1ccc(S(C)(=O)=O)cc1)S(=O)(=O)c1ccc(Cl)cc1F. The predicted molar refractivity (Wildman–Crippen MR) is 86.6 cm³/mol. The number of rotatable bonds is 4. The molecule has 0 aliphatic rings. The van der Waals surface area contributed by atoms with E-state index in [-0.39, 0.29) is 15.6 Å². The first-order valence-corrected chi connectivity index (χ1v) is 9.98. The van der Waals surface area contributed by atoms with Crippen LogP contribution in [0.3, 0.4) is 0 Å². The summed E-state index contributed by atoms with van der Waals surface area (Å²) in [5, 5.41) is 0.0848. The second kappa shape index (κ2) is 6.10. The van der Waals surface area contributed by atoms with Gasteiger partial charge >= 0.3 is 0 Å². The molecule has 0 spiro atoms. The zero-order valence-corrected chi connectivity index (χ0v) is 14.6. The van der Waals surface area contributed by atoms with E-state index in [4.69, 9.17) is 11.6 Å². The molecule has 0 amide bonds. The number of nitrogens with zero attached hydrogens (tertiary/aromatic N) is 1. The van der Waals surface area contributed by atoms with E-state index in [2.05, 4.69) is 0 Å². The van der Waals surface area contributed by atoms with E-state index in [1.54, 1.807) is 0 Å². The zero-order chi connectivity index (χ0) is 17.4. The van der Waals surface area contributed by atoms with Gasteiger partial charge < -0.3 is 0 Å². The summed E-state index contributed by atoms with van der Waals surface area (Å²) < 4.78 is 62.5. The van der Waals surface area contributed by atoms with E-state index in [1.807, 2.05) is 0 Å². The third-order valence-corrected chi connectivity index (χ3v) is 6.34. The van der Waals surface area contributed by atoms with E-state index >= 15 is 0 Å². The smallest absolute Gasteiger partial charge is 0.266 e. The fourth-order valence-electron chi connectivity index (χ4n) is 1.87. The number of halogens is 2. The summed E-state index contributed by atoms with van der Waals surface area (Å²) >= 11 is 5.62. The highest BCUT2D eigenvalue weighted by molar-refractivity contribution is 7.92. The molecule has 0 saturated carbocycles. The third-order valence-electron chi connectivity index (χ3n) is 3.16. The minimum atomic E-state index is -4.14. The highest BCUT2D eigenvalue weighted by atomic mass is 35.5. The number of sulfone groups is 1. The molecule has 2 aromatic rings. The van der Waals surface area contributed by atoms with Crippen molar-refractivity contribution >= 4 is 37.1 Å². The first-order chi connectivity index (χ1) is 10.5. The van der Waals surface area contributed by atoms with Gasteiger partial charge in [-0.05, 0) is 42.5 Å². The van der Waals surface area contributed by atoms with Crippen LogP contribution in [0.1, 0.15) is 0 Å². The quantitative estimate of drug-likeness (QED) is 0.821. The molecule has 0 N–H and O–H groups in total. The average Bonchev–Trinajstić information content (AvgIpc) is 2.45. The van der Waals surface area contributed by atoms with Crippen LogP contribution in [0.4, 0.5) is 10.1 Å². The maximum atomic E-state index is 13.9. The lowest BCUT2D eigenvalue weighted by atomic mass is 10.3. The fourth-order valence-corrected chi connectivity index (χ4v) is 3.90. The Balaban J connectivity index is 2.44. The summed E-state index contributed by atoms with van der Waals surface area (Å²) in [4.78, 5) is -0.457. The molecule has 124 valence electrons. The van der Waals surface area contributed by atoms with Gasteiger partial charge in [-0.15, -0.1) is 0 Å². The fraction of sp³-hybridized carbons (Fsp3) is 0.143. The van der Waals surface area contributed by atoms with E-state index in [9.17, 15) is 21.2 Å². The van der Waals surface area contributed by atoms with Gasteiger partial charge in [0, 0.05) is 18.3 Å². The molecule has 0 aromatic heterocycles. The van der Waals surface area contributed by atoms with Crippen molar-refractivity contribution in [3.8, 4) is 0 Å². The molecule has 5 nitrogen and oxygen atoms in total. The Kier molecular flexibility index (Phi) is 4.70. The van der Waals surface area contributed by atoms with Crippen LogP contribution in [0, 0.1) is 5.82 Å². The molecule has 0 atom stereocenters. The van der Waals surface area contributed by atoms with Crippen LogP contribution in [-0.4, -0.2) is 30.1 Å². The number of sulfonamides is 1. The molecule has 0 aliphatic carbocycles. The van der Waals surface area contributed by atoms with Gasteiger partial charge in [-0.2, -0.15) is 0 Å². The predicted octanol–water partition coefficient (Wildman–Crippen LogP) is 2.71. The molecule has 0 radical (unpaired) electrons. The summed E-state index contributed by atoms with van der Waals surface area (Å²) in [6.07, 6.45) is 1.05. The Labute approximate surface area is 139 Å². The molecular formula is C14H13ClFNO4S2. The van der Waals surface area contributed by atoms with Crippen molar-refractivity contribution in [1.29, 1.82) is 0 Å². The van der Waals surface area contributed by atoms with Gasteiger partial charge in [-0.1, -0.05) is 11.6 Å². The van der Waals surface area contributed by atoms with Crippen LogP contribution in [0.2, 0.25) is 5.02 Å². The van der Waals surface area contributed by atoms with Crippen molar-refractivity contribution in [2.45, 2.75) is 9.79 Å². The molecule has 23 heavy (non-hydrogen) atoms. The molecule has 0 unspecified atom stereocenters. The summed E-state index contributed by atoms with van der Waals surface area (Å²) in [6, 6.07) is 8.51. The van der Waals surface area contributed by atoms with Gasteiger partial charge in [0.2, 0.25) is 0 Å². The molecule has 0 aliphatic heterocycles. The topological polar surface area (TPSA) is 71.5 Å². The first kappa shape index (κ1) is 17.7. The van der Waals surface area contributed by atoms with Crippen molar-refractivity contribution in [3.05, 3.63) is 53.3 Å². The minimum Gasteiger partial charge on any atom is -0.269 e. The molecule has 0 saturated heterocycles. The molecule has 0 fully saturated rings. The minimum absolute atomic E-state index is 0.0599. The number of hydrogen-bond acceptors (Lipinski definition) is 4. The Morgan fingerprint density at radius 1 is 1.00 bits per heavy atom. The van der Waals surface area contributed by atoms with Gasteiger partial charge in [0.15, 0.2) is 9.84 Å². The molecule has 2 aromatic carbocycles. The molecule has 0 heterocycles. The average molecular weight is 378 g/mol. The second-order valence-electron chi connectivity index (χ2n) is 4.81. The molecular weight excluding hydrogens is 365 g/mol. The molecule has 2 rings (SSSR count). The summed E-state index contributed by atoms with van der Waals surface area (Å²) in [5.74, 6) is -0.961. The zero-order valence-electron chi connectivity index (χ0n) is 12.2. The Bertz CT molecular complexity index is 941. The lowest BCUT2D eigenvalue weighted by Crippen LogP contribution is -2.27. The van der Waals surface area contributed by atoms with Crippen LogP contribution >= 0.6 is 11.6 Å².